The number of nitrogens with one attached hydrogen (secondary N) is 1. The minimum atomic E-state index is -0.440. The van der Waals surface area contributed by atoms with Crippen LogP contribution in [-0.4, -0.2) is 69.5 Å². The predicted octanol–water partition coefficient (Wildman–Crippen LogP) is 6.31. The van der Waals surface area contributed by atoms with Crippen LogP contribution in [0, 0.1) is 23.2 Å². The Bertz CT molecular complexity index is 635. The Morgan fingerprint density at radius 2 is 1.66 bits per heavy atom. The molecule has 41 heavy (non-hydrogen) atoms. The third-order valence-electron chi connectivity index (χ3n) is 5.75. The van der Waals surface area contributed by atoms with Crippen LogP contribution in [0.4, 0.5) is 0 Å². The number of allylic oxidation sites excluding steroid dienone is 1. The molecule has 0 saturated heterocycles. The zero-order valence-electron chi connectivity index (χ0n) is 28.8. The maximum absolute atomic E-state index is 12.3. The Morgan fingerprint density at radius 3 is 2.07 bits per heavy atom. The lowest BCUT2D eigenvalue weighted by molar-refractivity contribution is -0.132. The first-order chi connectivity index (χ1) is 19.4. The highest BCUT2D eigenvalue weighted by molar-refractivity contribution is 5.84. The first kappa shape index (κ1) is 46.2. The van der Waals surface area contributed by atoms with Gasteiger partial charge in [0.25, 0.3) is 0 Å². The molecule has 246 valence electrons. The molecule has 1 aliphatic rings. The van der Waals surface area contributed by atoms with E-state index in [4.69, 9.17) is 25.1 Å². The number of nitrogens with two attached hydrogens (primary N) is 1. The van der Waals surface area contributed by atoms with Crippen molar-refractivity contribution in [1.82, 2.24) is 5.32 Å². The summed E-state index contributed by atoms with van der Waals surface area (Å²) in [7, 11) is 1.00. The molecule has 0 spiro atoms. The van der Waals surface area contributed by atoms with Crippen molar-refractivity contribution in [2.75, 3.05) is 40.1 Å². The molecule has 1 rings (SSSR count). The molecule has 0 aromatic rings. The number of carbonyl (C=O) groups excluding carboxylic acids is 2. The van der Waals surface area contributed by atoms with Gasteiger partial charge in [-0.2, -0.15) is 0 Å². The summed E-state index contributed by atoms with van der Waals surface area (Å²) < 4.78 is 15.9. The van der Waals surface area contributed by atoms with E-state index < -0.39 is 11.5 Å². The van der Waals surface area contributed by atoms with Gasteiger partial charge in [0.15, 0.2) is 0 Å². The third kappa shape index (κ3) is 28.2. The summed E-state index contributed by atoms with van der Waals surface area (Å²) in [5.74, 6) is 1.26. The molecule has 3 atom stereocenters. The van der Waals surface area contributed by atoms with Crippen molar-refractivity contribution >= 4 is 12.2 Å². The van der Waals surface area contributed by atoms with Crippen molar-refractivity contribution < 1.29 is 28.9 Å². The first-order valence-electron chi connectivity index (χ1n) is 15.4. The number of hydrogen-bond donors (Lipinski definition) is 3. The van der Waals surface area contributed by atoms with Crippen LogP contribution in [0.5, 0.6) is 0 Å². The molecule has 3 unspecified atom stereocenters. The van der Waals surface area contributed by atoms with Crippen molar-refractivity contribution in [1.29, 1.82) is 0 Å². The van der Waals surface area contributed by atoms with Gasteiger partial charge in [-0.3, -0.25) is 4.79 Å². The van der Waals surface area contributed by atoms with Crippen molar-refractivity contribution in [3.05, 3.63) is 24.5 Å². The van der Waals surface area contributed by atoms with E-state index in [1.807, 2.05) is 33.8 Å². The SMILES string of the molecule is C=C(CCC(C=O)NC(=O)C(C)(C)CC(C)C)C(C)C.CC.CC1C=COC1COCCOCCN.CCC.CO. The third-order valence-corrected chi connectivity index (χ3v) is 5.75. The van der Waals surface area contributed by atoms with E-state index in [1.54, 1.807) is 6.26 Å². The largest absolute Gasteiger partial charge is 0.495 e. The fourth-order valence-corrected chi connectivity index (χ4v) is 3.49. The molecule has 0 aromatic carbocycles. The van der Waals surface area contributed by atoms with Gasteiger partial charge in [-0.05, 0) is 37.2 Å². The number of carbonyl (C=O) groups is 2. The van der Waals surface area contributed by atoms with Crippen LogP contribution in [0.15, 0.2) is 24.5 Å². The number of hydrogen-bond acceptors (Lipinski definition) is 7. The molecule has 0 radical (unpaired) electrons. The van der Waals surface area contributed by atoms with E-state index in [9.17, 15) is 9.59 Å². The minimum Gasteiger partial charge on any atom is -0.495 e. The van der Waals surface area contributed by atoms with Gasteiger partial charge in [0.2, 0.25) is 5.91 Å². The van der Waals surface area contributed by atoms with Crippen LogP contribution in [0.2, 0.25) is 0 Å². The minimum absolute atomic E-state index is 0.0431. The maximum Gasteiger partial charge on any atom is 0.226 e. The average Bonchev–Trinajstić information content (AvgIpc) is 3.34. The lowest BCUT2D eigenvalue weighted by Gasteiger charge is -2.27. The summed E-state index contributed by atoms with van der Waals surface area (Å²) in [6.45, 7) is 29.6. The highest BCUT2D eigenvalue weighted by atomic mass is 16.5. The molecular weight excluding hydrogens is 520 g/mol. The number of aliphatic hydroxyl groups is 1. The molecule has 0 fully saturated rings. The monoisotopic (exact) mass is 589 g/mol. The predicted molar refractivity (Wildman–Crippen MR) is 174 cm³/mol. The summed E-state index contributed by atoms with van der Waals surface area (Å²) in [6, 6.07) is -0.413. The summed E-state index contributed by atoms with van der Waals surface area (Å²) >= 11 is 0. The van der Waals surface area contributed by atoms with Crippen molar-refractivity contribution in [3.8, 4) is 0 Å². The van der Waals surface area contributed by atoms with Gasteiger partial charge in [0, 0.05) is 25.0 Å². The number of ether oxygens (including phenoxy) is 3. The zero-order valence-corrected chi connectivity index (χ0v) is 28.8. The summed E-state index contributed by atoms with van der Waals surface area (Å²) in [5, 5.41) is 9.86. The Morgan fingerprint density at radius 1 is 1.12 bits per heavy atom. The molecule has 0 aliphatic carbocycles. The van der Waals surface area contributed by atoms with Gasteiger partial charge in [0.1, 0.15) is 12.4 Å². The van der Waals surface area contributed by atoms with Crippen LogP contribution in [0.25, 0.3) is 0 Å². The van der Waals surface area contributed by atoms with Gasteiger partial charge in [-0.1, -0.05) is 94.7 Å². The molecule has 1 aliphatic heterocycles. The molecule has 1 amide bonds. The topological polar surface area (TPSA) is 120 Å². The van der Waals surface area contributed by atoms with Crippen LogP contribution in [-0.2, 0) is 23.8 Å². The second-order valence-electron chi connectivity index (χ2n) is 11.1. The molecular formula is C33H68N2O6. The number of amides is 1. The molecule has 8 nitrogen and oxygen atoms in total. The summed E-state index contributed by atoms with van der Waals surface area (Å²) in [6.07, 6.45) is 8.24. The second kappa shape index (κ2) is 31.2. The fraction of sp³-hybridized carbons (Fsp3) is 0.818. The van der Waals surface area contributed by atoms with Crippen molar-refractivity contribution in [3.63, 3.8) is 0 Å². The van der Waals surface area contributed by atoms with Crippen LogP contribution < -0.4 is 11.1 Å². The van der Waals surface area contributed by atoms with Gasteiger partial charge >= 0.3 is 0 Å². The van der Waals surface area contributed by atoms with Crippen LogP contribution >= 0.6 is 0 Å². The highest BCUT2D eigenvalue weighted by Crippen LogP contribution is 2.26. The Balaban J connectivity index is -0.000000283. The number of aliphatic hydroxyl groups excluding tert-OH is 1. The number of aldehydes is 1. The van der Waals surface area contributed by atoms with E-state index in [2.05, 4.69) is 60.4 Å². The lowest BCUT2D eigenvalue weighted by Crippen LogP contribution is -2.44. The Labute approximate surface area is 253 Å². The smallest absolute Gasteiger partial charge is 0.226 e. The molecule has 0 saturated carbocycles. The first-order valence-corrected chi connectivity index (χ1v) is 15.4. The maximum atomic E-state index is 12.3. The van der Waals surface area contributed by atoms with E-state index in [-0.39, 0.29) is 12.0 Å². The molecule has 4 N–H and O–H groups in total. The van der Waals surface area contributed by atoms with Crippen LogP contribution in [0.1, 0.15) is 102 Å². The molecule has 0 bridgehead atoms. The van der Waals surface area contributed by atoms with Crippen molar-refractivity contribution in [2.24, 2.45) is 28.9 Å². The zero-order chi connectivity index (χ0) is 32.9. The van der Waals surface area contributed by atoms with Gasteiger partial charge in [-0.15, -0.1) is 0 Å². The quantitative estimate of drug-likeness (QED) is 0.110. The van der Waals surface area contributed by atoms with Gasteiger partial charge in [-0.25, -0.2) is 0 Å². The fourth-order valence-electron chi connectivity index (χ4n) is 3.49. The second-order valence-corrected chi connectivity index (χ2v) is 11.1. The van der Waals surface area contributed by atoms with E-state index in [0.717, 1.165) is 31.8 Å². The van der Waals surface area contributed by atoms with E-state index >= 15 is 0 Å². The number of rotatable bonds is 16. The highest BCUT2D eigenvalue weighted by Gasteiger charge is 2.30. The van der Waals surface area contributed by atoms with Gasteiger partial charge < -0.3 is 35.2 Å². The molecule has 0 aromatic heterocycles. The normalized spacial score (nSPS) is 15.9. The van der Waals surface area contributed by atoms with E-state index in [0.29, 0.717) is 57.1 Å². The lowest BCUT2D eigenvalue weighted by atomic mass is 9.83. The summed E-state index contributed by atoms with van der Waals surface area (Å²) in [4.78, 5) is 23.4. The molecule has 1 heterocycles. The average molecular weight is 589 g/mol. The Hall–Kier alpha value is -1.74. The molecule has 8 heteroatoms. The van der Waals surface area contributed by atoms with Crippen molar-refractivity contribution in [2.45, 2.75) is 114 Å². The Kier molecular flexibility index (Phi) is 35.2. The standard InChI is InChI=1S/C17H31NO2.C10H19NO3.C3H8.C2H6.CH4O/c1-12(2)10-17(6,7)16(20)18-15(11-19)9-8-14(5)13(3)4;1-9-2-4-14-10(9)8-13-7-6-12-5-3-11;1-3-2;2*1-2/h11-13,15H,5,8-10H2,1-4,6-7H3,(H,18,20);2,4,9-10H,3,5-8,11H2,1H3;3H2,1-2H3;1-2H3;2H,1H3. The van der Waals surface area contributed by atoms with E-state index in [1.165, 1.54) is 6.42 Å². The van der Waals surface area contributed by atoms with Gasteiger partial charge in [0.05, 0.1) is 38.7 Å². The summed E-state index contributed by atoms with van der Waals surface area (Å²) in [5.41, 5.74) is 5.95. The van der Waals surface area contributed by atoms with Crippen LogP contribution in [0.3, 0.4) is 0 Å².